The molecule has 3 heteroatoms. The van der Waals surface area contributed by atoms with Crippen molar-refractivity contribution in [2.45, 2.75) is 63.3 Å². The summed E-state index contributed by atoms with van der Waals surface area (Å²) in [4.78, 5) is 4.86. The number of aromatic nitrogens is 1. The van der Waals surface area contributed by atoms with Gasteiger partial charge in [-0.15, -0.1) is 11.3 Å². The summed E-state index contributed by atoms with van der Waals surface area (Å²) in [6, 6.07) is 0.686. The normalized spacial score (nSPS) is 26.5. The van der Waals surface area contributed by atoms with Crippen LogP contribution in [0.2, 0.25) is 0 Å². The summed E-state index contributed by atoms with van der Waals surface area (Å²) < 4.78 is 0. The van der Waals surface area contributed by atoms with Crippen molar-refractivity contribution in [3.05, 3.63) is 16.1 Å². The minimum absolute atomic E-state index is 0.686. The van der Waals surface area contributed by atoms with Crippen LogP contribution in [0.3, 0.4) is 0 Å². The molecule has 2 nitrogen and oxygen atoms in total. The molecule has 2 aliphatic rings. The van der Waals surface area contributed by atoms with Gasteiger partial charge in [0.05, 0.1) is 10.7 Å². The van der Waals surface area contributed by atoms with Crippen molar-refractivity contribution in [2.24, 2.45) is 0 Å². The van der Waals surface area contributed by atoms with Crippen LogP contribution in [0, 0.1) is 0 Å². The minimum atomic E-state index is 0.686. The Morgan fingerprint density at radius 2 is 2.00 bits per heavy atom. The van der Waals surface area contributed by atoms with Gasteiger partial charge in [-0.1, -0.05) is 19.3 Å². The maximum absolute atomic E-state index is 4.86. The molecule has 1 aromatic rings. The van der Waals surface area contributed by atoms with Crippen LogP contribution in [0.5, 0.6) is 0 Å². The summed E-state index contributed by atoms with van der Waals surface area (Å²) in [6.07, 6.45) is 10.8. The van der Waals surface area contributed by atoms with Crippen molar-refractivity contribution in [2.75, 3.05) is 6.54 Å². The van der Waals surface area contributed by atoms with Crippen molar-refractivity contribution in [1.29, 1.82) is 0 Å². The lowest BCUT2D eigenvalue weighted by molar-refractivity contribution is 0.399. The first kappa shape index (κ1) is 11.7. The molecule has 1 aliphatic heterocycles. The van der Waals surface area contributed by atoms with E-state index in [0.717, 1.165) is 12.3 Å². The lowest BCUT2D eigenvalue weighted by atomic mass is 10.0. The second-order valence-electron chi connectivity index (χ2n) is 5.50. The van der Waals surface area contributed by atoms with E-state index in [0.29, 0.717) is 6.04 Å². The third-order valence-corrected chi connectivity index (χ3v) is 5.07. The molecule has 0 radical (unpaired) electrons. The summed E-state index contributed by atoms with van der Waals surface area (Å²) in [7, 11) is 0. The summed E-state index contributed by atoms with van der Waals surface area (Å²) in [5.41, 5.74) is 1.39. The van der Waals surface area contributed by atoms with Gasteiger partial charge in [-0.2, -0.15) is 0 Å². The zero-order valence-corrected chi connectivity index (χ0v) is 11.3. The third-order valence-electron chi connectivity index (χ3n) is 4.18. The summed E-state index contributed by atoms with van der Waals surface area (Å²) in [5.74, 6) is 0.777. The molecule has 1 atom stereocenters. The molecule has 3 rings (SSSR count). The molecule has 2 fully saturated rings. The smallest absolute Gasteiger partial charge is 0.0943 e. The van der Waals surface area contributed by atoms with Gasteiger partial charge < -0.3 is 5.32 Å². The van der Waals surface area contributed by atoms with Crippen molar-refractivity contribution in [3.8, 4) is 0 Å². The second kappa shape index (κ2) is 5.49. The second-order valence-corrected chi connectivity index (χ2v) is 6.44. The van der Waals surface area contributed by atoms with E-state index in [1.807, 2.05) is 11.3 Å². The highest BCUT2D eigenvalue weighted by atomic mass is 32.1. The number of piperidine rings is 1. The maximum atomic E-state index is 4.86. The minimum Gasteiger partial charge on any atom is -0.314 e. The molecule has 2 heterocycles. The van der Waals surface area contributed by atoms with E-state index in [1.165, 1.54) is 62.2 Å². The molecule has 1 aromatic heterocycles. The van der Waals surface area contributed by atoms with Crippen LogP contribution in [0.1, 0.15) is 61.6 Å². The molecule has 0 aromatic carbocycles. The zero-order valence-electron chi connectivity index (χ0n) is 10.5. The van der Waals surface area contributed by atoms with E-state index in [-0.39, 0.29) is 0 Å². The highest BCUT2D eigenvalue weighted by Gasteiger charge is 2.21. The van der Waals surface area contributed by atoms with Gasteiger partial charge in [0, 0.05) is 23.8 Å². The van der Waals surface area contributed by atoms with Crippen LogP contribution in [0.15, 0.2) is 5.38 Å². The SMILES string of the molecule is c1sc(CC2CCCCN2)nc1C1CCCC1. The molecule has 1 N–H and O–H groups in total. The number of thiazole rings is 1. The van der Waals surface area contributed by atoms with Crippen molar-refractivity contribution >= 4 is 11.3 Å². The Morgan fingerprint density at radius 3 is 2.76 bits per heavy atom. The van der Waals surface area contributed by atoms with Crippen LogP contribution >= 0.6 is 11.3 Å². The van der Waals surface area contributed by atoms with Gasteiger partial charge in [-0.3, -0.25) is 0 Å². The molecule has 1 saturated heterocycles. The van der Waals surface area contributed by atoms with Crippen LogP contribution in [-0.2, 0) is 6.42 Å². The Labute approximate surface area is 108 Å². The van der Waals surface area contributed by atoms with Gasteiger partial charge in [-0.05, 0) is 32.2 Å². The summed E-state index contributed by atoms with van der Waals surface area (Å²) in [5, 5.41) is 7.28. The molecular weight excluding hydrogens is 228 g/mol. The van der Waals surface area contributed by atoms with Crippen LogP contribution < -0.4 is 5.32 Å². The van der Waals surface area contributed by atoms with Crippen molar-refractivity contribution < 1.29 is 0 Å². The maximum Gasteiger partial charge on any atom is 0.0943 e. The van der Waals surface area contributed by atoms with Crippen LogP contribution in [0.25, 0.3) is 0 Å². The highest BCUT2D eigenvalue weighted by Crippen LogP contribution is 2.34. The molecule has 0 amide bonds. The predicted molar refractivity (Wildman–Crippen MR) is 72.7 cm³/mol. The van der Waals surface area contributed by atoms with Crippen molar-refractivity contribution in [3.63, 3.8) is 0 Å². The largest absolute Gasteiger partial charge is 0.314 e. The van der Waals surface area contributed by atoms with E-state index in [4.69, 9.17) is 4.98 Å². The number of hydrogen-bond acceptors (Lipinski definition) is 3. The fourth-order valence-electron chi connectivity index (χ4n) is 3.14. The topological polar surface area (TPSA) is 24.9 Å². The predicted octanol–water partition coefficient (Wildman–Crippen LogP) is 3.49. The van der Waals surface area contributed by atoms with Gasteiger partial charge in [0.1, 0.15) is 0 Å². The standard InChI is InChI=1S/C14H22N2S/c1-2-6-11(5-1)13-10-17-14(16-13)9-12-7-3-4-8-15-12/h10-12,15H,1-9H2. The molecular formula is C14H22N2S. The summed E-state index contributed by atoms with van der Waals surface area (Å²) in [6.45, 7) is 1.20. The molecule has 1 unspecified atom stereocenters. The highest BCUT2D eigenvalue weighted by molar-refractivity contribution is 7.09. The summed E-state index contributed by atoms with van der Waals surface area (Å²) >= 11 is 1.88. The molecule has 0 bridgehead atoms. The number of hydrogen-bond donors (Lipinski definition) is 1. The molecule has 1 aliphatic carbocycles. The fraction of sp³-hybridized carbons (Fsp3) is 0.786. The van der Waals surface area contributed by atoms with E-state index in [9.17, 15) is 0 Å². The van der Waals surface area contributed by atoms with E-state index in [2.05, 4.69) is 10.7 Å². The molecule has 17 heavy (non-hydrogen) atoms. The van der Waals surface area contributed by atoms with Gasteiger partial charge in [-0.25, -0.2) is 4.98 Å². The Balaban J connectivity index is 1.59. The quantitative estimate of drug-likeness (QED) is 0.888. The average Bonchev–Trinajstić information content (AvgIpc) is 3.00. The van der Waals surface area contributed by atoms with Crippen LogP contribution in [0.4, 0.5) is 0 Å². The van der Waals surface area contributed by atoms with E-state index < -0.39 is 0 Å². The zero-order chi connectivity index (χ0) is 11.5. The third kappa shape index (κ3) is 2.89. The number of nitrogens with one attached hydrogen (secondary N) is 1. The van der Waals surface area contributed by atoms with Gasteiger partial charge in [0.25, 0.3) is 0 Å². The van der Waals surface area contributed by atoms with Gasteiger partial charge in [0.2, 0.25) is 0 Å². The lowest BCUT2D eigenvalue weighted by Gasteiger charge is -2.22. The molecule has 0 spiro atoms. The van der Waals surface area contributed by atoms with Gasteiger partial charge in [0.15, 0.2) is 0 Å². The Kier molecular flexibility index (Phi) is 3.77. The first-order chi connectivity index (χ1) is 8.42. The average molecular weight is 250 g/mol. The molecule has 94 valence electrons. The number of rotatable bonds is 3. The van der Waals surface area contributed by atoms with Crippen LogP contribution in [-0.4, -0.2) is 17.6 Å². The Bertz CT molecular complexity index is 349. The monoisotopic (exact) mass is 250 g/mol. The van der Waals surface area contributed by atoms with Gasteiger partial charge >= 0.3 is 0 Å². The Hall–Kier alpha value is -0.410. The number of nitrogens with zero attached hydrogens (tertiary/aromatic N) is 1. The van der Waals surface area contributed by atoms with E-state index >= 15 is 0 Å². The lowest BCUT2D eigenvalue weighted by Crippen LogP contribution is -2.35. The first-order valence-corrected chi connectivity index (χ1v) is 7.97. The van der Waals surface area contributed by atoms with E-state index in [1.54, 1.807) is 0 Å². The fourth-order valence-corrected chi connectivity index (χ4v) is 4.09. The first-order valence-electron chi connectivity index (χ1n) is 7.09. The molecule has 1 saturated carbocycles. The van der Waals surface area contributed by atoms with Crippen molar-refractivity contribution in [1.82, 2.24) is 10.3 Å². The Morgan fingerprint density at radius 1 is 1.18 bits per heavy atom.